The van der Waals surface area contributed by atoms with E-state index < -0.39 is 6.09 Å². The Bertz CT molecular complexity index is 297. The Balaban J connectivity index is 2.10. The summed E-state index contributed by atoms with van der Waals surface area (Å²) in [7, 11) is 1.92. The molecule has 0 saturated heterocycles. The van der Waals surface area contributed by atoms with Crippen LogP contribution in [0, 0.1) is 0 Å². The van der Waals surface area contributed by atoms with Crippen LogP contribution in [-0.2, 0) is 18.3 Å². The van der Waals surface area contributed by atoms with Gasteiger partial charge in [-0.05, 0) is 0 Å². The number of amides is 1. The van der Waals surface area contributed by atoms with Crippen LogP contribution in [0.25, 0.3) is 0 Å². The van der Waals surface area contributed by atoms with Gasteiger partial charge in [-0.2, -0.15) is 0 Å². The molecule has 0 aliphatic rings. The van der Waals surface area contributed by atoms with E-state index in [2.05, 4.69) is 15.0 Å². The van der Waals surface area contributed by atoms with Crippen LogP contribution in [0.15, 0.2) is 12.4 Å². The number of carbonyl (C=O) groups excluding carboxylic acids is 1. The van der Waals surface area contributed by atoms with Gasteiger partial charge in [0.05, 0.1) is 6.54 Å². The Morgan fingerprint density at radius 2 is 2.57 bits per heavy atom. The molecule has 6 heteroatoms. The molecule has 6 nitrogen and oxygen atoms in total. The molecule has 1 heterocycles. The summed E-state index contributed by atoms with van der Waals surface area (Å²) in [5.74, 6) is 0.934. The number of hydrogen-bond acceptors (Lipinski definition) is 4. The predicted octanol–water partition coefficient (Wildman–Crippen LogP) is -0.395. The van der Waals surface area contributed by atoms with E-state index in [4.69, 9.17) is 5.73 Å². The standard InChI is InChI=1S/C8H14N4O2/c1-12-4-2-11-7(12)6-10-3-5-14-8(9)13/h2,4,10H,3,5-6H2,1H3,(H2,9,13). The number of nitrogens with two attached hydrogens (primary N) is 1. The lowest BCUT2D eigenvalue weighted by Crippen LogP contribution is -2.24. The highest BCUT2D eigenvalue weighted by Crippen LogP contribution is 1.92. The van der Waals surface area contributed by atoms with Gasteiger partial charge in [-0.25, -0.2) is 9.78 Å². The summed E-state index contributed by atoms with van der Waals surface area (Å²) in [4.78, 5) is 14.3. The first-order valence-corrected chi connectivity index (χ1v) is 4.29. The molecule has 1 aromatic heterocycles. The molecule has 14 heavy (non-hydrogen) atoms. The summed E-state index contributed by atoms with van der Waals surface area (Å²) in [6.45, 7) is 1.49. The van der Waals surface area contributed by atoms with E-state index in [0.29, 0.717) is 13.1 Å². The van der Waals surface area contributed by atoms with Crippen molar-refractivity contribution < 1.29 is 9.53 Å². The number of nitrogens with one attached hydrogen (secondary N) is 1. The smallest absolute Gasteiger partial charge is 0.404 e. The first kappa shape index (κ1) is 10.5. The van der Waals surface area contributed by atoms with Crippen molar-refractivity contribution in [3.8, 4) is 0 Å². The van der Waals surface area contributed by atoms with Gasteiger partial charge in [-0.3, -0.25) is 0 Å². The molecule has 0 aliphatic carbocycles. The number of nitrogens with zero attached hydrogens (tertiary/aromatic N) is 2. The fourth-order valence-electron chi connectivity index (χ4n) is 0.991. The number of imidazole rings is 1. The third-order valence-electron chi connectivity index (χ3n) is 1.73. The lowest BCUT2D eigenvalue weighted by molar-refractivity contribution is 0.157. The van der Waals surface area contributed by atoms with Crippen molar-refractivity contribution in [2.45, 2.75) is 6.54 Å². The molecule has 0 aromatic carbocycles. The Hall–Kier alpha value is -1.56. The quantitative estimate of drug-likeness (QED) is 0.631. The number of primary amides is 1. The Labute approximate surface area is 82.1 Å². The average molecular weight is 198 g/mol. The molecule has 0 fully saturated rings. The van der Waals surface area contributed by atoms with E-state index in [0.717, 1.165) is 5.82 Å². The number of rotatable bonds is 5. The summed E-state index contributed by atoms with van der Waals surface area (Å²) >= 11 is 0. The van der Waals surface area contributed by atoms with Crippen LogP contribution < -0.4 is 11.1 Å². The molecular weight excluding hydrogens is 184 g/mol. The molecule has 0 bridgehead atoms. The van der Waals surface area contributed by atoms with E-state index in [1.165, 1.54) is 0 Å². The van der Waals surface area contributed by atoms with E-state index in [1.807, 2.05) is 17.8 Å². The SMILES string of the molecule is Cn1ccnc1CNCCOC(N)=O. The molecule has 78 valence electrons. The van der Waals surface area contributed by atoms with Crippen molar-refractivity contribution >= 4 is 6.09 Å². The lowest BCUT2D eigenvalue weighted by Gasteiger charge is -2.04. The van der Waals surface area contributed by atoms with Gasteiger partial charge in [0.1, 0.15) is 12.4 Å². The number of aryl methyl sites for hydroxylation is 1. The molecule has 0 atom stereocenters. The highest BCUT2D eigenvalue weighted by atomic mass is 16.5. The van der Waals surface area contributed by atoms with Crippen LogP contribution in [0.5, 0.6) is 0 Å². The van der Waals surface area contributed by atoms with Crippen molar-refractivity contribution in [3.05, 3.63) is 18.2 Å². The van der Waals surface area contributed by atoms with Gasteiger partial charge in [-0.15, -0.1) is 0 Å². The zero-order valence-electron chi connectivity index (χ0n) is 8.06. The average Bonchev–Trinajstić information content (AvgIpc) is 2.51. The van der Waals surface area contributed by atoms with Crippen LogP contribution in [0.1, 0.15) is 5.82 Å². The van der Waals surface area contributed by atoms with Gasteiger partial charge < -0.3 is 20.4 Å². The zero-order valence-corrected chi connectivity index (χ0v) is 8.06. The van der Waals surface area contributed by atoms with Crippen molar-refractivity contribution in [1.82, 2.24) is 14.9 Å². The predicted molar refractivity (Wildman–Crippen MR) is 50.5 cm³/mol. The monoisotopic (exact) mass is 198 g/mol. The second-order valence-corrected chi connectivity index (χ2v) is 2.80. The van der Waals surface area contributed by atoms with Crippen LogP contribution in [0.3, 0.4) is 0 Å². The minimum atomic E-state index is -0.746. The van der Waals surface area contributed by atoms with Crippen LogP contribution in [0.2, 0.25) is 0 Å². The maximum Gasteiger partial charge on any atom is 0.404 e. The van der Waals surface area contributed by atoms with E-state index in [-0.39, 0.29) is 6.61 Å². The molecule has 1 rings (SSSR count). The van der Waals surface area contributed by atoms with E-state index in [1.54, 1.807) is 6.20 Å². The second-order valence-electron chi connectivity index (χ2n) is 2.80. The number of aromatic nitrogens is 2. The Morgan fingerprint density at radius 3 is 3.14 bits per heavy atom. The highest BCUT2D eigenvalue weighted by Gasteiger charge is 1.98. The van der Waals surface area contributed by atoms with Gasteiger partial charge >= 0.3 is 6.09 Å². The van der Waals surface area contributed by atoms with Gasteiger partial charge in [0.15, 0.2) is 0 Å². The molecule has 3 N–H and O–H groups in total. The molecule has 0 unspecified atom stereocenters. The zero-order chi connectivity index (χ0) is 10.4. The molecule has 1 amide bonds. The molecule has 0 spiro atoms. The largest absolute Gasteiger partial charge is 0.448 e. The van der Waals surface area contributed by atoms with Crippen molar-refractivity contribution in [3.63, 3.8) is 0 Å². The fourth-order valence-corrected chi connectivity index (χ4v) is 0.991. The molecule has 0 radical (unpaired) electrons. The van der Waals surface area contributed by atoms with Gasteiger partial charge in [0.25, 0.3) is 0 Å². The van der Waals surface area contributed by atoms with Gasteiger partial charge in [0, 0.05) is 26.0 Å². The minimum absolute atomic E-state index is 0.278. The summed E-state index contributed by atoms with van der Waals surface area (Å²) in [5, 5.41) is 3.07. The first-order valence-electron chi connectivity index (χ1n) is 4.29. The lowest BCUT2D eigenvalue weighted by atomic mass is 10.5. The second kappa shape index (κ2) is 5.23. The fraction of sp³-hybridized carbons (Fsp3) is 0.500. The van der Waals surface area contributed by atoms with Crippen molar-refractivity contribution in [2.75, 3.05) is 13.2 Å². The summed E-state index contributed by atoms with van der Waals surface area (Å²) in [6, 6.07) is 0. The van der Waals surface area contributed by atoms with E-state index >= 15 is 0 Å². The van der Waals surface area contributed by atoms with Crippen LogP contribution in [-0.4, -0.2) is 28.8 Å². The van der Waals surface area contributed by atoms with Crippen LogP contribution >= 0.6 is 0 Å². The topological polar surface area (TPSA) is 82.2 Å². The third-order valence-corrected chi connectivity index (χ3v) is 1.73. The summed E-state index contributed by atoms with van der Waals surface area (Å²) < 4.78 is 6.46. The Kier molecular flexibility index (Phi) is 3.93. The van der Waals surface area contributed by atoms with Gasteiger partial charge in [-0.1, -0.05) is 0 Å². The number of ether oxygens (including phenoxy) is 1. The molecule has 1 aromatic rings. The van der Waals surface area contributed by atoms with Crippen LogP contribution in [0.4, 0.5) is 4.79 Å². The van der Waals surface area contributed by atoms with E-state index in [9.17, 15) is 4.79 Å². The molecular formula is C8H14N4O2. The maximum atomic E-state index is 10.2. The third kappa shape index (κ3) is 3.44. The normalized spacial score (nSPS) is 10.1. The van der Waals surface area contributed by atoms with Gasteiger partial charge in [0.2, 0.25) is 0 Å². The maximum absolute atomic E-state index is 10.2. The minimum Gasteiger partial charge on any atom is -0.448 e. The first-order chi connectivity index (χ1) is 6.70. The Morgan fingerprint density at radius 1 is 1.79 bits per heavy atom. The summed E-state index contributed by atoms with van der Waals surface area (Å²) in [5.41, 5.74) is 4.79. The molecule has 0 aliphatic heterocycles. The number of hydrogen-bond donors (Lipinski definition) is 2. The summed E-state index contributed by atoms with van der Waals surface area (Å²) in [6.07, 6.45) is 2.86. The highest BCUT2D eigenvalue weighted by molar-refractivity contribution is 5.64. The molecule has 0 saturated carbocycles. The number of carbonyl (C=O) groups is 1. The van der Waals surface area contributed by atoms with Crippen molar-refractivity contribution in [2.24, 2.45) is 12.8 Å². The van der Waals surface area contributed by atoms with Crippen molar-refractivity contribution in [1.29, 1.82) is 0 Å².